The zero-order valence-electron chi connectivity index (χ0n) is 8.07. The lowest BCUT2D eigenvalue weighted by Crippen LogP contribution is -2.39. The van der Waals surface area contributed by atoms with E-state index in [4.69, 9.17) is 0 Å². The number of rotatable bonds is 4. The van der Waals surface area contributed by atoms with Gasteiger partial charge in [0.1, 0.15) is 0 Å². The van der Waals surface area contributed by atoms with Gasteiger partial charge in [-0.25, -0.2) is 0 Å². The average Bonchev–Trinajstić information content (AvgIpc) is 1.59. The molecule has 0 radical (unpaired) electrons. The van der Waals surface area contributed by atoms with Gasteiger partial charge in [0.15, 0.2) is 0 Å². The Kier molecular flexibility index (Phi) is 4.48. The summed E-state index contributed by atoms with van der Waals surface area (Å²) >= 11 is 0. The zero-order valence-corrected chi connectivity index (χ0v) is 10.5. The minimum atomic E-state index is -0.779. The molecule has 0 aromatic heterocycles. The highest BCUT2D eigenvalue weighted by Crippen LogP contribution is 2.07. The van der Waals surface area contributed by atoms with Gasteiger partial charge in [-0.3, -0.25) is 0 Å². The molecular formula is C7H21NSi2. The number of hydrogen-bond acceptors (Lipinski definition) is 1. The van der Waals surface area contributed by atoms with Crippen LogP contribution in [0.25, 0.3) is 0 Å². The van der Waals surface area contributed by atoms with E-state index in [1.807, 2.05) is 0 Å². The molecule has 0 saturated carbocycles. The van der Waals surface area contributed by atoms with E-state index in [0.717, 1.165) is 0 Å². The van der Waals surface area contributed by atoms with Gasteiger partial charge < -0.3 is 4.90 Å². The molecule has 0 fully saturated rings. The van der Waals surface area contributed by atoms with Gasteiger partial charge in [0.05, 0.1) is 8.07 Å². The topological polar surface area (TPSA) is 3.24 Å². The van der Waals surface area contributed by atoms with Crippen LogP contribution in [0.2, 0.25) is 25.3 Å². The van der Waals surface area contributed by atoms with Crippen LogP contribution in [-0.2, 0) is 0 Å². The van der Waals surface area contributed by atoms with Crippen molar-refractivity contribution in [3.05, 3.63) is 0 Å². The van der Waals surface area contributed by atoms with Crippen LogP contribution in [0.1, 0.15) is 0 Å². The molecular weight excluding hydrogens is 154 g/mol. The lowest BCUT2D eigenvalue weighted by molar-refractivity contribution is 0.470. The second kappa shape index (κ2) is 4.31. The lowest BCUT2D eigenvalue weighted by Gasteiger charge is -2.25. The molecule has 0 aromatic carbocycles. The van der Waals surface area contributed by atoms with Gasteiger partial charge in [-0.15, -0.1) is 0 Å². The molecule has 0 saturated heterocycles. The molecule has 10 heavy (non-hydrogen) atoms. The third-order valence-corrected chi connectivity index (χ3v) is 10.6. The van der Waals surface area contributed by atoms with Crippen LogP contribution in [0.3, 0.4) is 0 Å². The summed E-state index contributed by atoms with van der Waals surface area (Å²) in [5.74, 6) is 0. The first-order chi connectivity index (χ1) is 4.48. The molecule has 0 heterocycles. The maximum atomic E-state index is 2.50. The molecule has 0 unspecified atom stereocenters. The maximum absolute atomic E-state index is 2.50. The predicted octanol–water partition coefficient (Wildman–Crippen LogP) is 0.970. The zero-order chi connectivity index (χ0) is 8.20. The maximum Gasteiger partial charge on any atom is 0.0598 e. The molecule has 0 bridgehead atoms. The summed E-state index contributed by atoms with van der Waals surface area (Å²) in [6, 6.07) is 0. The van der Waals surface area contributed by atoms with Crippen molar-refractivity contribution in [2.24, 2.45) is 0 Å². The average molecular weight is 175 g/mol. The van der Waals surface area contributed by atoms with Crippen LogP contribution < -0.4 is 0 Å². The Morgan fingerprint density at radius 2 is 1.80 bits per heavy atom. The van der Waals surface area contributed by atoms with Crippen molar-refractivity contribution in [2.45, 2.75) is 25.3 Å². The number of nitrogens with zero attached hydrogens (tertiary/aromatic N) is 1. The molecule has 3 heteroatoms. The van der Waals surface area contributed by atoms with Crippen LogP contribution in [0.4, 0.5) is 0 Å². The monoisotopic (exact) mass is 175 g/mol. The minimum absolute atomic E-state index is 0.302. The molecule has 0 spiro atoms. The van der Waals surface area contributed by atoms with Crippen molar-refractivity contribution >= 4 is 17.6 Å². The normalized spacial score (nSPS) is 13.8. The first kappa shape index (κ1) is 10.4. The lowest BCUT2D eigenvalue weighted by atomic mass is 11.0. The van der Waals surface area contributed by atoms with Crippen LogP contribution in [0, 0.1) is 0 Å². The highest BCUT2D eigenvalue weighted by atomic mass is 28.4. The molecule has 0 aromatic rings. The van der Waals surface area contributed by atoms with Crippen LogP contribution in [-0.4, -0.2) is 42.8 Å². The van der Waals surface area contributed by atoms with Gasteiger partial charge in [0.25, 0.3) is 0 Å². The standard InChI is InChI=1S/C7H21NSi2/c1-8(2)6-10(4,5)7-9-3/h6-7,9H2,1-5H3. The Morgan fingerprint density at radius 1 is 1.30 bits per heavy atom. The predicted molar refractivity (Wildman–Crippen MR) is 55.3 cm³/mol. The van der Waals surface area contributed by atoms with Crippen molar-refractivity contribution in [1.29, 1.82) is 0 Å². The summed E-state index contributed by atoms with van der Waals surface area (Å²) in [7, 11) is 3.90. The Hall–Kier alpha value is 0.394. The van der Waals surface area contributed by atoms with Crippen molar-refractivity contribution in [3.8, 4) is 0 Å². The second-order valence-electron chi connectivity index (χ2n) is 4.15. The summed E-state index contributed by atoms with van der Waals surface area (Å²) in [6.07, 6.45) is 1.37. The summed E-state index contributed by atoms with van der Waals surface area (Å²) in [6.45, 7) is 7.43. The van der Waals surface area contributed by atoms with Gasteiger partial charge in [0.2, 0.25) is 0 Å². The van der Waals surface area contributed by atoms with E-state index in [-0.39, 0.29) is 0 Å². The van der Waals surface area contributed by atoms with E-state index in [1.54, 1.807) is 5.67 Å². The molecule has 0 atom stereocenters. The highest BCUT2D eigenvalue weighted by Gasteiger charge is 2.19. The molecule has 1 nitrogen and oxygen atoms in total. The van der Waals surface area contributed by atoms with E-state index in [9.17, 15) is 0 Å². The van der Waals surface area contributed by atoms with Crippen molar-refractivity contribution in [2.75, 3.05) is 20.3 Å². The molecule has 62 valence electrons. The van der Waals surface area contributed by atoms with Crippen molar-refractivity contribution in [3.63, 3.8) is 0 Å². The third kappa shape index (κ3) is 5.20. The Balaban J connectivity index is 3.63. The molecule has 0 aliphatic rings. The first-order valence-electron chi connectivity index (χ1n) is 4.12. The van der Waals surface area contributed by atoms with Gasteiger partial charge in [-0.2, -0.15) is 0 Å². The van der Waals surface area contributed by atoms with Gasteiger partial charge in [-0.05, 0) is 20.3 Å². The van der Waals surface area contributed by atoms with Crippen LogP contribution >= 0.6 is 0 Å². The number of hydrogen-bond donors (Lipinski definition) is 0. The largest absolute Gasteiger partial charge is 0.312 e. The second-order valence-corrected chi connectivity index (χ2v) is 11.8. The fourth-order valence-electron chi connectivity index (χ4n) is 1.61. The summed E-state index contributed by atoms with van der Waals surface area (Å²) < 4.78 is 0. The Bertz CT molecular complexity index is 91.6. The smallest absolute Gasteiger partial charge is 0.0598 e. The van der Waals surface area contributed by atoms with Gasteiger partial charge in [0, 0.05) is 9.52 Å². The molecule has 0 aliphatic heterocycles. The van der Waals surface area contributed by atoms with E-state index in [1.165, 1.54) is 6.17 Å². The van der Waals surface area contributed by atoms with Gasteiger partial charge in [-0.1, -0.05) is 25.3 Å². The van der Waals surface area contributed by atoms with E-state index < -0.39 is 8.07 Å². The summed E-state index contributed by atoms with van der Waals surface area (Å²) in [5, 5.41) is 0. The highest BCUT2D eigenvalue weighted by molar-refractivity contribution is 6.84. The van der Waals surface area contributed by atoms with Crippen LogP contribution in [0.5, 0.6) is 0 Å². The summed E-state index contributed by atoms with van der Waals surface area (Å²) in [4.78, 5) is 2.34. The van der Waals surface area contributed by atoms with Crippen molar-refractivity contribution in [1.82, 2.24) is 4.90 Å². The third-order valence-electron chi connectivity index (χ3n) is 1.67. The molecule has 0 aliphatic carbocycles. The molecule has 0 N–H and O–H groups in total. The van der Waals surface area contributed by atoms with E-state index in [2.05, 4.69) is 38.6 Å². The van der Waals surface area contributed by atoms with E-state index in [0.29, 0.717) is 9.52 Å². The first-order valence-corrected chi connectivity index (χ1v) is 9.95. The van der Waals surface area contributed by atoms with Crippen LogP contribution in [0.15, 0.2) is 0 Å². The molecule has 0 rings (SSSR count). The summed E-state index contributed by atoms with van der Waals surface area (Å²) in [5.41, 5.74) is 1.60. The Morgan fingerprint density at radius 3 is 2.10 bits per heavy atom. The fourth-order valence-corrected chi connectivity index (χ4v) is 9.37. The molecule has 0 amide bonds. The SMILES string of the molecule is C[SiH2]C[Si](C)(C)CN(C)C. The van der Waals surface area contributed by atoms with E-state index >= 15 is 0 Å². The van der Waals surface area contributed by atoms with Gasteiger partial charge >= 0.3 is 0 Å². The minimum Gasteiger partial charge on any atom is -0.312 e. The quantitative estimate of drug-likeness (QED) is 0.576. The fraction of sp³-hybridized carbons (Fsp3) is 1.00. The Labute approximate surface area is 68.6 Å². The van der Waals surface area contributed by atoms with Crippen molar-refractivity contribution < 1.29 is 0 Å².